The van der Waals surface area contributed by atoms with Crippen LogP contribution in [0.3, 0.4) is 0 Å². The first kappa shape index (κ1) is 12.6. The quantitative estimate of drug-likeness (QED) is 0.819. The largest absolute Gasteiger partial charge is 0.497 e. The molecule has 0 bridgehead atoms. The Morgan fingerprint density at radius 3 is 3.05 bits per heavy atom. The van der Waals surface area contributed by atoms with E-state index in [2.05, 4.69) is 15.6 Å². The summed E-state index contributed by atoms with van der Waals surface area (Å²) >= 11 is 0. The maximum atomic E-state index is 12.1. The third kappa shape index (κ3) is 2.11. The van der Waals surface area contributed by atoms with Crippen LogP contribution in [-0.4, -0.2) is 33.9 Å². The Morgan fingerprint density at radius 1 is 1.40 bits per heavy atom. The van der Waals surface area contributed by atoms with Crippen molar-refractivity contribution < 1.29 is 14.3 Å². The second-order valence-electron chi connectivity index (χ2n) is 4.71. The van der Waals surface area contributed by atoms with Crippen molar-refractivity contribution in [3.63, 3.8) is 0 Å². The maximum absolute atomic E-state index is 12.1. The summed E-state index contributed by atoms with van der Waals surface area (Å²) in [5, 5.41) is 10.5. The normalized spacial score (nSPS) is 19.8. The lowest BCUT2D eigenvalue weighted by Crippen LogP contribution is -2.34. The molecule has 1 fully saturated rings. The van der Waals surface area contributed by atoms with Gasteiger partial charge in [0.15, 0.2) is 0 Å². The third-order valence-electron chi connectivity index (χ3n) is 3.42. The number of rotatable bonds is 2. The number of amides is 2. The highest BCUT2D eigenvalue weighted by atomic mass is 16.5. The highest BCUT2D eigenvalue weighted by Crippen LogP contribution is 2.25. The van der Waals surface area contributed by atoms with Gasteiger partial charge in [-0.05, 0) is 25.0 Å². The molecular formula is C13H14N4O3. The summed E-state index contributed by atoms with van der Waals surface area (Å²) in [6.07, 6.45) is 1.57. The average molecular weight is 274 g/mol. The number of ether oxygens (including phenoxy) is 1. The highest BCUT2D eigenvalue weighted by Gasteiger charge is 2.28. The van der Waals surface area contributed by atoms with Gasteiger partial charge in [-0.25, -0.2) is 4.68 Å². The topological polar surface area (TPSA) is 86.1 Å². The van der Waals surface area contributed by atoms with E-state index < -0.39 is 6.04 Å². The van der Waals surface area contributed by atoms with Gasteiger partial charge in [-0.2, -0.15) is 0 Å². The van der Waals surface area contributed by atoms with Crippen LogP contribution in [0.5, 0.6) is 5.75 Å². The van der Waals surface area contributed by atoms with E-state index in [0.717, 1.165) is 5.52 Å². The van der Waals surface area contributed by atoms with E-state index in [4.69, 9.17) is 4.74 Å². The Kier molecular flexibility index (Phi) is 3.09. The molecule has 1 aliphatic rings. The number of carbonyl (C=O) groups is 2. The first-order valence-electron chi connectivity index (χ1n) is 6.41. The second-order valence-corrected chi connectivity index (χ2v) is 4.71. The first-order chi connectivity index (χ1) is 9.69. The van der Waals surface area contributed by atoms with Crippen LogP contribution in [0.15, 0.2) is 18.2 Å². The van der Waals surface area contributed by atoms with Crippen molar-refractivity contribution >= 4 is 22.8 Å². The molecule has 7 nitrogen and oxygen atoms in total. The number of methoxy groups -OCH3 is 1. The number of imide groups is 1. The summed E-state index contributed by atoms with van der Waals surface area (Å²) in [4.78, 5) is 23.4. The van der Waals surface area contributed by atoms with E-state index in [-0.39, 0.29) is 11.8 Å². The Hall–Kier alpha value is -2.44. The van der Waals surface area contributed by atoms with E-state index in [1.807, 2.05) is 0 Å². The van der Waals surface area contributed by atoms with Gasteiger partial charge in [-0.15, -0.1) is 5.10 Å². The van der Waals surface area contributed by atoms with Crippen LogP contribution < -0.4 is 10.1 Å². The van der Waals surface area contributed by atoms with Crippen LogP contribution in [0.1, 0.15) is 25.3 Å². The Bertz CT molecular complexity index is 679. The number of carbonyl (C=O) groups excluding carboxylic acids is 2. The summed E-state index contributed by atoms with van der Waals surface area (Å²) < 4.78 is 6.74. The molecular weight excluding hydrogens is 260 g/mol. The molecule has 1 unspecified atom stereocenters. The molecule has 1 aliphatic heterocycles. The van der Waals surface area contributed by atoms with Crippen molar-refractivity contribution in [2.24, 2.45) is 0 Å². The lowest BCUT2D eigenvalue weighted by Gasteiger charge is -2.13. The number of fused-ring (bicyclic) bond motifs is 1. The molecule has 2 amide bonds. The molecule has 1 saturated heterocycles. The van der Waals surface area contributed by atoms with Gasteiger partial charge in [0.2, 0.25) is 5.91 Å². The zero-order valence-corrected chi connectivity index (χ0v) is 11.0. The molecule has 7 heteroatoms. The minimum absolute atomic E-state index is 0.237. The number of hydrogen-bond donors (Lipinski definition) is 1. The number of nitrogens with one attached hydrogen (secondary N) is 1. The number of benzene rings is 1. The standard InChI is InChI=1S/C13H14N4O3/c1-20-8-5-6-9-11(7-8)17(16-15-9)10-3-2-4-12(18)14-13(10)19/h5-7,10H,2-4H2,1H3,(H,14,18,19). The zero-order valence-electron chi connectivity index (χ0n) is 11.0. The molecule has 1 N–H and O–H groups in total. The minimum Gasteiger partial charge on any atom is -0.497 e. The van der Waals surface area contributed by atoms with Crippen LogP contribution in [0, 0.1) is 0 Å². The van der Waals surface area contributed by atoms with Crippen LogP contribution in [0.25, 0.3) is 11.0 Å². The van der Waals surface area contributed by atoms with Crippen molar-refractivity contribution in [1.29, 1.82) is 0 Å². The van der Waals surface area contributed by atoms with Crippen LogP contribution >= 0.6 is 0 Å². The smallest absolute Gasteiger partial charge is 0.251 e. The Labute approximate surface area is 114 Å². The van der Waals surface area contributed by atoms with Crippen molar-refractivity contribution in [3.8, 4) is 5.75 Å². The first-order valence-corrected chi connectivity index (χ1v) is 6.41. The van der Waals surface area contributed by atoms with Crippen molar-refractivity contribution in [2.45, 2.75) is 25.3 Å². The van der Waals surface area contributed by atoms with Gasteiger partial charge in [0.05, 0.1) is 12.6 Å². The lowest BCUT2D eigenvalue weighted by molar-refractivity contribution is -0.131. The Morgan fingerprint density at radius 2 is 2.25 bits per heavy atom. The van der Waals surface area contributed by atoms with E-state index in [1.54, 1.807) is 30.0 Å². The van der Waals surface area contributed by atoms with E-state index in [0.29, 0.717) is 30.5 Å². The van der Waals surface area contributed by atoms with Gasteiger partial charge in [-0.3, -0.25) is 14.9 Å². The molecule has 2 heterocycles. The van der Waals surface area contributed by atoms with E-state index in [9.17, 15) is 9.59 Å². The van der Waals surface area contributed by atoms with Crippen LogP contribution in [-0.2, 0) is 9.59 Å². The van der Waals surface area contributed by atoms with Gasteiger partial charge >= 0.3 is 0 Å². The van der Waals surface area contributed by atoms with Gasteiger partial charge < -0.3 is 4.74 Å². The second kappa shape index (κ2) is 4.92. The third-order valence-corrected chi connectivity index (χ3v) is 3.42. The monoisotopic (exact) mass is 274 g/mol. The molecule has 0 spiro atoms. The molecule has 3 rings (SSSR count). The molecule has 0 radical (unpaired) electrons. The summed E-state index contributed by atoms with van der Waals surface area (Å²) in [6, 6.07) is 4.85. The molecule has 1 atom stereocenters. The fourth-order valence-corrected chi connectivity index (χ4v) is 2.38. The van der Waals surface area contributed by atoms with Crippen LogP contribution in [0.4, 0.5) is 0 Å². The van der Waals surface area contributed by atoms with Crippen LogP contribution in [0.2, 0.25) is 0 Å². The molecule has 0 aliphatic carbocycles. The summed E-state index contributed by atoms with van der Waals surface area (Å²) in [7, 11) is 1.58. The number of aromatic nitrogens is 3. The maximum Gasteiger partial charge on any atom is 0.251 e. The average Bonchev–Trinajstić information content (AvgIpc) is 2.78. The van der Waals surface area contributed by atoms with Gasteiger partial charge in [0.25, 0.3) is 5.91 Å². The van der Waals surface area contributed by atoms with E-state index in [1.165, 1.54) is 0 Å². The van der Waals surface area contributed by atoms with Crippen molar-refractivity contribution in [2.75, 3.05) is 7.11 Å². The molecule has 1 aromatic heterocycles. The minimum atomic E-state index is -0.515. The molecule has 2 aromatic rings. The summed E-state index contributed by atoms with van der Waals surface area (Å²) in [5.41, 5.74) is 1.41. The van der Waals surface area contributed by atoms with Gasteiger partial charge in [0, 0.05) is 12.5 Å². The van der Waals surface area contributed by atoms with Crippen molar-refractivity contribution in [3.05, 3.63) is 18.2 Å². The predicted octanol–water partition coefficient (Wildman–Crippen LogP) is 0.808. The van der Waals surface area contributed by atoms with Gasteiger partial charge in [0.1, 0.15) is 17.3 Å². The highest BCUT2D eigenvalue weighted by molar-refractivity contribution is 5.98. The molecule has 1 aromatic carbocycles. The number of hydrogen-bond acceptors (Lipinski definition) is 5. The summed E-state index contributed by atoms with van der Waals surface area (Å²) in [6.45, 7) is 0. The fourth-order valence-electron chi connectivity index (χ4n) is 2.38. The van der Waals surface area contributed by atoms with Gasteiger partial charge in [-0.1, -0.05) is 5.21 Å². The lowest BCUT2D eigenvalue weighted by atomic mass is 10.1. The van der Waals surface area contributed by atoms with E-state index >= 15 is 0 Å². The SMILES string of the molecule is COc1ccc2nnn(C3CCCC(=O)NC3=O)c2c1. The number of nitrogens with zero attached hydrogens (tertiary/aromatic N) is 3. The zero-order chi connectivity index (χ0) is 14.1. The fraction of sp³-hybridized carbons (Fsp3) is 0.385. The molecule has 20 heavy (non-hydrogen) atoms. The predicted molar refractivity (Wildman–Crippen MR) is 70.1 cm³/mol. The Balaban J connectivity index is 2.04. The molecule has 0 saturated carbocycles. The summed E-state index contributed by atoms with van der Waals surface area (Å²) in [5.74, 6) is 0.104. The van der Waals surface area contributed by atoms with Crippen molar-refractivity contribution in [1.82, 2.24) is 20.3 Å². The molecule has 104 valence electrons.